The number of nitrogens with one attached hydrogen (secondary N) is 1. The summed E-state index contributed by atoms with van der Waals surface area (Å²) >= 11 is 0. The van der Waals surface area contributed by atoms with Gasteiger partial charge in [-0.25, -0.2) is 8.42 Å². The average molecular weight is 329 g/mol. The summed E-state index contributed by atoms with van der Waals surface area (Å²) in [4.78, 5) is -0.399. The summed E-state index contributed by atoms with van der Waals surface area (Å²) in [5.41, 5.74) is 1.34. The van der Waals surface area contributed by atoms with E-state index in [4.69, 9.17) is 0 Å². The van der Waals surface area contributed by atoms with Crippen molar-refractivity contribution < 1.29 is 17.2 Å². The predicted molar refractivity (Wildman–Crippen MR) is 80.0 cm³/mol. The number of nitrogens with zero attached hydrogens (tertiary/aromatic N) is 2. The van der Waals surface area contributed by atoms with Crippen LogP contribution >= 0.6 is 0 Å². The van der Waals surface area contributed by atoms with Crippen LogP contribution < -0.4 is 5.32 Å². The lowest BCUT2D eigenvalue weighted by Crippen LogP contribution is -2.11. The number of rotatable bonds is 6. The Balaban J connectivity index is 2.10. The standard InChI is InChI=1S/C14H17F2N3O2S/c1-10(2)8-19-9-12(7-17-19)18-11-3-5-13(6-4-11)22(20,21)14(15)16/h3-7,9-10,14,18H,8H2,1-2H3. The van der Waals surface area contributed by atoms with Crippen molar-refractivity contribution in [2.45, 2.75) is 31.0 Å². The molecule has 0 unspecified atom stereocenters. The molecule has 8 heteroatoms. The van der Waals surface area contributed by atoms with Crippen LogP contribution in [0.15, 0.2) is 41.6 Å². The van der Waals surface area contributed by atoms with Gasteiger partial charge in [0.2, 0.25) is 9.84 Å². The number of hydrogen-bond donors (Lipinski definition) is 1. The minimum Gasteiger partial charge on any atom is -0.353 e. The molecule has 0 aliphatic rings. The third kappa shape index (κ3) is 3.82. The summed E-state index contributed by atoms with van der Waals surface area (Å²) in [6.07, 6.45) is 3.47. The van der Waals surface area contributed by atoms with Crippen molar-refractivity contribution in [3.8, 4) is 0 Å². The van der Waals surface area contributed by atoms with E-state index < -0.39 is 20.5 Å². The molecule has 1 aromatic carbocycles. The van der Waals surface area contributed by atoms with E-state index in [1.54, 1.807) is 10.9 Å². The summed E-state index contributed by atoms with van der Waals surface area (Å²) in [5.74, 6) is -2.95. The minimum absolute atomic E-state index is 0.399. The first-order valence-corrected chi connectivity index (χ1v) is 8.25. The summed E-state index contributed by atoms with van der Waals surface area (Å²) in [7, 11) is -4.55. The molecule has 2 aromatic rings. The van der Waals surface area contributed by atoms with Gasteiger partial charge in [-0.15, -0.1) is 0 Å². The van der Waals surface area contributed by atoms with Crippen LogP contribution in [0.5, 0.6) is 0 Å². The number of alkyl halides is 2. The highest BCUT2D eigenvalue weighted by atomic mass is 32.2. The number of sulfone groups is 1. The van der Waals surface area contributed by atoms with Gasteiger partial charge in [0, 0.05) is 18.4 Å². The fourth-order valence-electron chi connectivity index (χ4n) is 1.90. The molecule has 0 amide bonds. The number of benzene rings is 1. The van der Waals surface area contributed by atoms with Crippen molar-refractivity contribution in [1.29, 1.82) is 0 Å². The second-order valence-corrected chi connectivity index (χ2v) is 7.22. The molecule has 1 heterocycles. The van der Waals surface area contributed by atoms with Crippen LogP contribution in [-0.2, 0) is 16.4 Å². The molecular weight excluding hydrogens is 312 g/mol. The predicted octanol–water partition coefficient (Wildman–Crippen LogP) is 3.28. The Hall–Kier alpha value is -1.96. The summed E-state index contributed by atoms with van der Waals surface area (Å²) in [6.45, 7) is 4.95. The normalized spacial score (nSPS) is 12.1. The van der Waals surface area contributed by atoms with E-state index in [-0.39, 0.29) is 0 Å². The van der Waals surface area contributed by atoms with E-state index in [0.29, 0.717) is 11.6 Å². The van der Waals surface area contributed by atoms with Crippen LogP contribution in [0.3, 0.4) is 0 Å². The molecular formula is C14H17F2N3O2S. The van der Waals surface area contributed by atoms with E-state index in [0.717, 1.165) is 24.4 Å². The van der Waals surface area contributed by atoms with Crippen LogP contribution in [-0.4, -0.2) is 24.0 Å². The minimum atomic E-state index is -4.55. The van der Waals surface area contributed by atoms with Crippen LogP contribution in [0, 0.1) is 5.92 Å². The molecule has 0 bridgehead atoms. The molecule has 0 saturated heterocycles. The van der Waals surface area contributed by atoms with Gasteiger partial charge in [0.1, 0.15) is 0 Å². The maximum atomic E-state index is 12.4. The molecule has 2 rings (SSSR count). The van der Waals surface area contributed by atoms with Gasteiger partial charge in [0.15, 0.2) is 0 Å². The number of anilines is 2. The topological polar surface area (TPSA) is 64.0 Å². The quantitative estimate of drug-likeness (QED) is 0.883. The van der Waals surface area contributed by atoms with Crippen molar-refractivity contribution in [3.05, 3.63) is 36.7 Å². The molecule has 0 aliphatic heterocycles. The molecule has 0 radical (unpaired) electrons. The maximum absolute atomic E-state index is 12.4. The number of hydrogen-bond acceptors (Lipinski definition) is 4. The zero-order valence-electron chi connectivity index (χ0n) is 12.2. The fraction of sp³-hybridized carbons (Fsp3) is 0.357. The zero-order chi connectivity index (χ0) is 16.3. The Bertz CT molecular complexity index is 725. The van der Waals surface area contributed by atoms with Crippen molar-refractivity contribution in [2.75, 3.05) is 5.32 Å². The van der Waals surface area contributed by atoms with E-state index in [1.165, 1.54) is 12.1 Å². The third-order valence-electron chi connectivity index (χ3n) is 2.89. The second kappa shape index (κ2) is 6.43. The first-order valence-electron chi connectivity index (χ1n) is 6.70. The van der Waals surface area contributed by atoms with E-state index >= 15 is 0 Å². The first kappa shape index (κ1) is 16.4. The van der Waals surface area contributed by atoms with E-state index in [1.807, 2.05) is 6.20 Å². The van der Waals surface area contributed by atoms with Crippen LogP contribution in [0.4, 0.5) is 20.2 Å². The van der Waals surface area contributed by atoms with Gasteiger partial charge in [-0.2, -0.15) is 13.9 Å². The van der Waals surface area contributed by atoms with Crippen molar-refractivity contribution in [1.82, 2.24) is 9.78 Å². The molecule has 5 nitrogen and oxygen atoms in total. The van der Waals surface area contributed by atoms with Crippen molar-refractivity contribution >= 4 is 21.2 Å². The van der Waals surface area contributed by atoms with Crippen LogP contribution in [0.1, 0.15) is 13.8 Å². The van der Waals surface area contributed by atoms with Gasteiger partial charge in [-0.05, 0) is 30.2 Å². The molecule has 120 valence electrons. The number of halogens is 2. The van der Waals surface area contributed by atoms with Gasteiger partial charge < -0.3 is 5.32 Å². The molecule has 1 N–H and O–H groups in total. The highest BCUT2D eigenvalue weighted by molar-refractivity contribution is 7.91. The average Bonchev–Trinajstić information content (AvgIpc) is 2.85. The Morgan fingerprint density at radius 2 is 1.82 bits per heavy atom. The first-order chi connectivity index (χ1) is 10.3. The van der Waals surface area contributed by atoms with Crippen molar-refractivity contribution in [3.63, 3.8) is 0 Å². The largest absolute Gasteiger partial charge is 0.353 e. The Kier molecular flexibility index (Phi) is 4.80. The van der Waals surface area contributed by atoms with Gasteiger partial charge in [0.25, 0.3) is 0 Å². The molecule has 22 heavy (non-hydrogen) atoms. The molecule has 1 aromatic heterocycles. The van der Waals surface area contributed by atoms with Gasteiger partial charge in [-0.1, -0.05) is 13.8 Å². The summed E-state index contributed by atoms with van der Waals surface area (Å²) < 4.78 is 49.3. The van der Waals surface area contributed by atoms with Crippen LogP contribution in [0.2, 0.25) is 0 Å². The molecule has 0 atom stereocenters. The summed E-state index contributed by atoms with van der Waals surface area (Å²) in [6, 6.07) is 5.19. The Labute approximate surface area is 127 Å². The van der Waals surface area contributed by atoms with Gasteiger partial charge in [-0.3, -0.25) is 4.68 Å². The van der Waals surface area contributed by atoms with Gasteiger partial charge >= 0.3 is 5.76 Å². The lowest BCUT2D eigenvalue weighted by atomic mass is 10.2. The Morgan fingerprint density at radius 1 is 1.18 bits per heavy atom. The Morgan fingerprint density at radius 3 is 2.36 bits per heavy atom. The highest BCUT2D eigenvalue weighted by Crippen LogP contribution is 2.22. The molecule has 0 aliphatic carbocycles. The maximum Gasteiger partial charge on any atom is 0.341 e. The monoisotopic (exact) mass is 329 g/mol. The smallest absolute Gasteiger partial charge is 0.341 e. The molecule has 0 spiro atoms. The van der Waals surface area contributed by atoms with Gasteiger partial charge in [0.05, 0.1) is 16.8 Å². The zero-order valence-corrected chi connectivity index (χ0v) is 13.0. The third-order valence-corrected chi connectivity index (χ3v) is 4.29. The molecule has 0 saturated carbocycles. The second-order valence-electron chi connectivity index (χ2n) is 5.30. The lowest BCUT2D eigenvalue weighted by molar-refractivity contribution is 0.234. The SMILES string of the molecule is CC(C)Cn1cc(Nc2ccc(S(=O)(=O)C(F)F)cc2)cn1. The molecule has 0 fully saturated rings. The fourth-order valence-corrected chi connectivity index (χ4v) is 2.62. The van der Waals surface area contributed by atoms with Crippen LogP contribution in [0.25, 0.3) is 0 Å². The summed E-state index contributed by atoms with van der Waals surface area (Å²) in [5, 5.41) is 7.23. The highest BCUT2D eigenvalue weighted by Gasteiger charge is 2.26. The lowest BCUT2D eigenvalue weighted by Gasteiger charge is -2.06. The van der Waals surface area contributed by atoms with Crippen molar-refractivity contribution in [2.24, 2.45) is 5.92 Å². The van der Waals surface area contributed by atoms with E-state index in [2.05, 4.69) is 24.3 Å². The number of aromatic nitrogens is 2. The van der Waals surface area contributed by atoms with E-state index in [9.17, 15) is 17.2 Å².